The van der Waals surface area contributed by atoms with Crippen molar-refractivity contribution in [2.24, 2.45) is 17.8 Å². The topological polar surface area (TPSA) is 40.6 Å². The monoisotopic (exact) mass is 422 g/mol. The molecule has 2 heterocycles. The second-order valence-corrected chi connectivity index (χ2v) is 9.80. The average Bonchev–Trinajstić information content (AvgIpc) is 2.84. The Morgan fingerprint density at radius 1 is 0.806 bits per heavy atom. The molecule has 0 aromatic heterocycles. The minimum Gasteiger partial charge on any atom is -0.343 e. The third-order valence-electron chi connectivity index (χ3n) is 7.65. The van der Waals surface area contributed by atoms with E-state index in [-0.39, 0.29) is 5.92 Å². The van der Waals surface area contributed by atoms with Crippen molar-refractivity contribution in [2.75, 3.05) is 26.2 Å². The van der Waals surface area contributed by atoms with Gasteiger partial charge in [-0.15, -0.1) is 0 Å². The molecule has 1 aromatic rings. The van der Waals surface area contributed by atoms with E-state index in [9.17, 15) is 9.59 Å². The SMILES string of the molecule is O=C(CCC1CCN(C(=O)C2CC=CCC2)CC1)N1CCC(Cc2ccccc2)CC1. The van der Waals surface area contributed by atoms with Gasteiger partial charge in [-0.05, 0) is 75.2 Å². The van der Waals surface area contributed by atoms with Crippen LogP contribution in [0.4, 0.5) is 0 Å². The summed E-state index contributed by atoms with van der Waals surface area (Å²) in [5.74, 6) is 2.19. The number of allylic oxidation sites excluding steroid dienone is 2. The van der Waals surface area contributed by atoms with E-state index < -0.39 is 0 Å². The normalized spacial score (nSPS) is 23.2. The predicted octanol–water partition coefficient (Wildman–Crippen LogP) is 4.84. The van der Waals surface area contributed by atoms with Crippen molar-refractivity contribution in [1.29, 1.82) is 0 Å². The van der Waals surface area contributed by atoms with E-state index in [1.165, 1.54) is 5.56 Å². The number of hydrogen-bond donors (Lipinski definition) is 0. The standard InChI is InChI=1S/C27H38N2O2/c30-26(28-17-15-24(16-18-28)21-23-7-3-1-4-8-23)12-11-22-13-19-29(20-14-22)27(31)25-9-5-2-6-10-25/h1-5,7-8,22,24-25H,6,9-21H2. The molecule has 0 saturated carbocycles. The first kappa shape index (κ1) is 22.1. The molecule has 31 heavy (non-hydrogen) atoms. The lowest BCUT2D eigenvalue weighted by Gasteiger charge is -2.35. The molecule has 1 atom stereocenters. The van der Waals surface area contributed by atoms with Crippen molar-refractivity contribution in [2.45, 2.75) is 64.2 Å². The highest BCUT2D eigenvalue weighted by molar-refractivity contribution is 5.79. The Balaban J connectivity index is 1.12. The van der Waals surface area contributed by atoms with Crippen LogP contribution in [0, 0.1) is 17.8 Å². The van der Waals surface area contributed by atoms with Gasteiger partial charge in [-0.2, -0.15) is 0 Å². The zero-order valence-electron chi connectivity index (χ0n) is 18.9. The highest BCUT2D eigenvalue weighted by atomic mass is 16.2. The summed E-state index contributed by atoms with van der Waals surface area (Å²) in [6.07, 6.45) is 14.5. The molecule has 4 rings (SSSR count). The molecule has 0 radical (unpaired) electrons. The largest absolute Gasteiger partial charge is 0.343 e. The maximum absolute atomic E-state index is 12.7. The number of rotatable bonds is 6. The fourth-order valence-electron chi connectivity index (χ4n) is 5.54. The third kappa shape index (κ3) is 6.21. The van der Waals surface area contributed by atoms with E-state index >= 15 is 0 Å². The second kappa shape index (κ2) is 11.0. The van der Waals surface area contributed by atoms with Gasteiger partial charge in [0.2, 0.25) is 11.8 Å². The van der Waals surface area contributed by atoms with Crippen molar-refractivity contribution in [3.8, 4) is 0 Å². The van der Waals surface area contributed by atoms with Gasteiger partial charge in [0.05, 0.1) is 0 Å². The molecule has 0 N–H and O–H groups in total. The van der Waals surface area contributed by atoms with E-state index in [0.717, 1.165) is 84.0 Å². The average molecular weight is 423 g/mol. The zero-order chi connectivity index (χ0) is 21.5. The molecule has 0 spiro atoms. The maximum Gasteiger partial charge on any atom is 0.226 e. The molecule has 2 saturated heterocycles. The predicted molar refractivity (Wildman–Crippen MR) is 124 cm³/mol. The summed E-state index contributed by atoms with van der Waals surface area (Å²) in [4.78, 5) is 29.6. The van der Waals surface area contributed by atoms with E-state index in [0.29, 0.717) is 30.1 Å². The number of hydrogen-bond acceptors (Lipinski definition) is 2. The van der Waals surface area contributed by atoms with Gasteiger partial charge in [0.25, 0.3) is 0 Å². The zero-order valence-corrected chi connectivity index (χ0v) is 18.9. The summed E-state index contributed by atoms with van der Waals surface area (Å²) in [5.41, 5.74) is 1.41. The molecule has 1 unspecified atom stereocenters. The summed E-state index contributed by atoms with van der Waals surface area (Å²) in [6.45, 7) is 3.59. The number of piperidine rings is 2. The van der Waals surface area contributed by atoms with Gasteiger partial charge in [-0.25, -0.2) is 0 Å². The lowest BCUT2D eigenvalue weighted by molar-refractivity contribution is -0.138. The van der Waals surface area contributed by atoms with Gasteiger partial charge in [-0.1, -0.05) is 42.5 Å². The summed E-state index contributed by atoms with van der Waals surface area (Å²) >= 11 is 0. The molecule has 0 bridgehead atoms. The Morgan fingerprint density at radius 2 is 1.48 bits per heavy atom. The van der Waals surface area contributed by atoms with Crippen LogP contribution in [0.2, 0.25) is 0 Å². The summed E-state index contributed by atoms with van der Waals surface area (Å²) in [7, 11) is 0. The lowest BCUT2D eigenvalue weighted by Crippen LogP contribution is -2.42. The van der Waals surface area contributed by atoms with Gasteiger partial charge in [0.15, 0.2) is 0 Å². The van der Waals surface area contributed by atoms with Crippen LogP contribution in [-0.4, -0.2) is 47.8 Å². The molecular formula is C27H38N2O2. The molecule has 1 aromatic carbocycles. The van der Waals surface area contributed by atoms with E-state index in [1.807, 2.05) is 0 Å². The van der Waals surface area contributed by atoms with Crippen molar-refractivity contribution in [3.63, 3.8) is 0 Å². The van der Waals surface area contributed by atoms with Crippen LogP contribution in [0.15, 0.2) is 42.5 Å². The Morgan fingerprint density at radius 3 is 2.16 bits per heavy atom. The van der Waals surface area contributed by atoms with Gasteiger partial charge in [0, 0.05) is 38.5 Å². The fraction of sp³-hybridized carbons (Fsp3) is 0.630. The van der Waals surface area contributed by atoms with Crippen LogP contribution >= 0.6 is 0 Å². The van der Waals surface area contributed by atoms with Crippen LogP contribution in [-0.2, 0) is 16.0 Å². The van der Waals surface area contributed by atoms with Crippen LogP contribution in [0.1, 0.15) is 63.4 Å². The van der Waals surface area contributed by atoms with Crippen LogP contribution < -0.4 is 0 Å². The van der Waals surface area contributed by atoms with Gasteiger partial charge in [-0.3, -0.25) is 9.59 Å². The second-order valence-electron chi connectivity index (χ2n) is 9.80. The van der Waals surface area contributed by atoms with Crippen molar-refractivity contribution < 1.29 is 9.59 Å². The van der Waals surface area contributed by atoms with Crippen molar-refractivity contribution in [1.82, 2.24) is 9.80 Å². The highest BCUT2D eigenvalue weighted by Gasteiger charge is 2.29. The molecule has 2 fully saturated rings. The lowest BCUT2D eigenvalue weighted by atomic mass is 9.88. The summed E-state index contributed by atoms with van der Waals surface area (Å²) in [5, 5.41) is 0. The van der Waals surface area contributed by atoms with Crippen molar-refractivity contribution in [3.05, 3.63) is 48.0 Å². The minimum absolute atomic E-state index is 0.202. The first-order valence-corrected chi connectivity index (χ1v) is 12.4. The van der Waals surface area contributed by atoms with E-state index in [2.05, 4.69) is 52.3 Å². The highest BCUT2D eigenvalue weighted by Crippen LogP contribution is 2.27. The van der Waals surface area contributed by atoms with Gasteiger partial charge < -0.3 is 9.80 Å². The molecule has 168 valence electrons. The van der Waals surface area contributed by atoms with Crippen LogP contribution in [0.25, 0.3) is 0 Å². The Labute approximate surface area is 187 Å². The number of likely N-dealkylation sites (tertiary alicyclic amines) is 2. The number of carbonyl (C=O) groups excluding carboxylic acids is 2. The van der Waals surface area contributed by atoms with Gasteiger partial charge in [0.1, 0.15) is 0 Å². The van der Waals surface area contributed by atoms with E-state index in [4.69, 9.17) is 0 Å². The fourth-order valence-corrected chi connectivity index (χ4v) is 5.54. The van der Waals surface area contributed by atoms with Gasteiger partial charge >= 0.3 is 0 Å². The first-order valence-electron chi connectivity index (χ1n) is 12.4. The van der Waals surface area contributed by atoms with Crippen LogP contribution in [0.3, 0.4) is 0 Å². The Bertz CT molecular complexity index is 744. The molecule has 4 nitrogen and oxygen atoms in total. The molecule has 1 aliphatic carbocycles. The Hall–Kier alpha value is -2.10. The smallest absolute Gasteiger partial charge is 0.226 e. The van der Waals surface area contributed by atoms with Crippen molar-refractivity contribution >= 4 is 11.8 Å². The van der Waals surface area contributed by atoms with Crippen LogP contribution in [0.5, 0.6) is 0 Å². The minimum atomic E-state index is 0.202. The summed E-state index contributed by atoms with van der Waals surface area (Å²) < 4.78 is 0. The molecular weight excluding hydrogens is 384 g/mol. The quantitative estimate of drug-likeness (QED) is 0.615. The van der Waals surface area contributed by atoms with E-state index in [1.54, 1.807) is 0 Å². The summed E-state index contributed by atoms with van der Waals surface area (Å²) in [6, 6.07) is 10.7. The number of benzene rings is 1. The molecule has 3 aliphatic rings. The number of amides is 2. The number of carbonyl (C=O) groups is 2. The molecule has 2 aliphatic heterocycles. The molecule has 4 heteroatoms. The number of nitrogens with zero attached hydrogens (tertiary/aromatic N) is 2. The Kier molecular flexibility index (Phi) is 7.82. The third-order valence-corrected chi connectivity index (χ3v) is 7.65. The maximum atomic E-state index is 12.7. The molecule has 2 amide bonds. The first-order chi connectivity index (χ1) is 15.2.